The molecule has 7 heteroatoms. The Morgan fingerprint density at radius 2 is 1.74 bits per heavy atom. The van der Waals surface area contributed by atoms with Crippen molar-refractivity contribution in [3.05, 3.63) is 0 Å². The summed E-state index contributed by atoms with van der Waals surface area (Å²) in [6.07, 6.45) is -0.809. The largest absolute Gasteiger partial charge is 0.477 e. The van der Waals surface area contributed by atoms with Gasteiger partial charge in [-0.1, -0.05) is 20.8 Å². The van der Waals surface area contributed by atoms with Gasteiger partial charge in [-0.3, -0.25) is 0 Å². The molecule has 1 heterocycles. The van der Waals surface area contributed by atoms with Crippen LogP contribution in [0.2, 0.25) is 13.1 Å². The molecule has 0 aliphatic carbocycles. The standard InChI is InChI=1S/C12H24O6Si/c1-10(2,3)11(9(15-4)16-5)12(17-11,8(13)14)18-19(6)7/h9,19H,1-7H3,(H,13,14). The number of aliphatic carboxylic acids is 1. The van der Waals surface area contributed by atoms with Crippen LogP contribution >= 0.6 is 0 Å². The number of methoxy groups -OCH3 is 2. The molecule has 19 heavy (non-hydrogen) atoms. The van der Waals surface area contributed by atoms with Crippen molar-refractivity contribution in [2.24, 2.45) is 5.41 Å². The van der Waals surface area contributed by atoms with E-state index in [1.54, 1.807) is 0 Å². The summed E-state index contributed by atoms with van der Waals surface area (Å²) in [7, 11) is 1.30. The van der Waals surface area contributed by atoms with E-state index < -0.39 is 38.1 Å². The fourth-order valence-electron chi connectivity index (χ4n) is 2.53. The zero-order valence-electron chi connectivity index (χ0n) is 12.6. The number of rotatable bonds is 6. The molecule has 1 N–H and O–H groups in total. The lowest BCUT2D eigenvalue weighted by Gasteiger charge is -2.34. The maximum atomic E-state index is 11.7. The van der Waals surface area contributed by atoms with Gasteiger partial charge in [0.15, 0.2) is 20.9 Å². The first kappa shape index (κ1) is 16.6. The Balaban J connectivity index is 3.26. The summed E-state index contributed by atoms with van der Waals surface area (Å²) < 4.78 is 21.9. The second kappa shape index (κ2) is 5.14. The first-order chi connectivity index (χ1) is 8.59. The molecule has 1 aliphatic rings. The van der Waals surface area contributed by atoms with E-state index in [4.69, 9.17) is 18.6 Å². The van der Waals surface area contributed by atoms with E-state index in [9.17, 15) is 9.90 Å². The van der Waals surface area contributed by atoms with Crippen molar-refractivity contribution in [1.82, 2.24) is 0 Å². The minimum atomic E-state index is -1.68. The lowest BCUT2D eigenvalue weighted by atomic mass is 9.76. The molecule has 0 bridgehead atoms. The second-order valence-corrected chi connectivity index (χ2v) is 8.31. The van der Waals surface area contributed by atoms with Crippen LogP contribution < -0.4 is 0 Å². The topological polar surface area (TPSA) is 77.5 Å². The van der Waals surface area contributed by atoms with Gasteiger partial charge in [-0.15, -0.1) is 0 Å². The summed E-state index contributed by atoms with van der Waals surface area (Å²) in [6.45, 7) is 9.44. The molecule has 0 aromatic heterocycles. The molecule has 6 nitrogen and oxygen atoms in total. The summed E-state index contributed by atoms with van der Waals surface area (Å²) in [4.78, 5) is 11.7. The zero-order chi connectivity index (χ0) is 15.1. The molecule has 1 saturated heterocycles. The Hall–Kier alpha value is -0.473. The molecule has 0 radical (unpaired) electrons. The first-order valence-electron chi connectivity index (χ1n) is 6.26. The van der Waals surface area contributed by atoms with Gasteiger partial charge in [0.05, 0.1) is 0 Å². The molecular formula is C12H24O6Si. The Labute approximate surface area is 115 Å². The quantitative estimate of drug-likeness (QED) is 0.450. The molecule has 0 aromatic rings. The Morgan fingerprint density at radius 1 is 1.26 bits per heavy atom. The number of epoxide rings is 1. The third kappa shape index (κ3) is 2.34. The molecule has 2 unspecified atom stereocenters. The number of hydrogen-bond acceptors (Lipinski definition) is 5. The Bertz CT molecular complexity index is 349. The van der Waals surface area contributed by atoms with E-state index >= 15 is 0 Å². The summed E-state index contributed by atoms with van der Waals surface area (Å²) >= 11 is 0. The van der Waals surface area contributed by atoms with Crippen molar-refractivity contribution < 1.29 is 28.5 Å². The SMILES string of the molecule is COC(OC)C1(C(C)(C)C)OC1(O[SiH](C)C)C(=O)O. The highest BCUT2D eigenvalue weighted by Crippen LogP contribution is 2.62. The van der Waals surface area contributed by atoms with E-state index in [1.807, 2.05) is 33.9 Å². The molecular weight excluding hydrogens is 268 g/mol. The van der Waals surface area contributed by atoms with Crippen molar-refractivity contribution in [2.75, 3.05) is 14.2 Å². The van der Waals surface area contributed by atoms with Gasteiger partial charge in [0.2, 0.25) is 0 Å². The number of carboxylic acid groups (broad SMARTS) is 1. The molecule has 0 spiro atoms. The highest BCUT2D eigenvalue weighted by molar-refractivity contribution is 6.48. The van der Waals surface area contributed by atoms with Crippen molar-refractivity contribution in [3.8, 4) is 0 Å². The molecule has 1 fully saturated rings. The molecule has 0 amide bonds. The van der Waals surface area contributed by atoms with Gasteiger partial charge >= 0.3 is 5.97 Å². The maximum absolute atomic E-state index is 11.7. The third-order valence-corrected chi connectivity index (χ3v) is 4.11. The average Bonchev–Trinajstić information content (AvgIpc) is 2.90. The zero-order valence-corrected chi connectivity index (χ0v) is 13.8. The number of ether oxygens (including phenoxy) is 3. The van der Waals surface area contributed by atoms with Gasteiger partial charge in [0.1, 0.15) is 0 Å². The summed E-state index contributed by atoms with van der Waals surface area (Å²) in [5, 5.41) is 9.55. The van der Waals surface area contributed by atoms with Crippen LogP contribution in [-0.2, 0) is 23.4 Å². The summed E-state index contributed by atoms with van der Waals surface area (Å²) in [5.74, 6) is -2.81. The second-order valence-electron chi connectivity index (χ2n) is 5.98. The van der Waals surface area contributed by atoms with Crippen LogP contribution in [-0.4, -0.2) is 52.0 Å². The van der Waals surface area contributed by atoms with Crippen molar-refractivity contribution in [2.45, 2.75) is 51.5 Å². The fraction of sp³-hybridized carbons (Fsp3) is 0.917. The lowest BCUT2D eigenvalue weighted by molar-refractivity contribution is -0.177. The van der Waals surface area contributed by atoms with Crippen molar-refractivity contribution >= 4 is 15.0 Å². The van der Waals surface area contributed by atoms with Crippen LogP contribution in [0.25, 0.3) is 0 Å². The Kier molecular flexibility index (Phi) is 4.48. The lowest BCUT2D eigenvalue weighted by Crippen LogP contribution is -2.53. The maximum Gasteiger partial charge on any atom is 0.366 e. The van der Waals surface area contributed by atoms with E-state index in [0.717, 1.165) is 0 Å². The van der Waals surface area contributed by atoms with Crippen LogP contribution in [0.15, 0.2) is 0 Å². The van der Waals surface area contributed by atoms with E-state index in [1.165, 1.54) is 14.2 Å². The minimum Gasteiger partial charge on any atom is -0.477 e. The fourth-order valence-corrected chi connectivity index (χ4v) is 3.52. The van der Waals surface area contributed by atoms with E-state index in [-0.39, 0.29) is 0 Å². The number of hydrogen-bond donors (Lipinski definition) is 1. The van der Waals surface area contributed by atoms with Gasteiger partial charge in [0.25, 0.3) is 5.79 Å². The first-order valence-corrected chi connectivity index (χ1v) is 9.04. The average molecular weight is 292 g/mol. The van der Waals surface area contributed by atoms with Crippen LogP contribution in [0.3, 0.4) is 0 Å². The van der Waals surface area contributed by atoms with Gasteiger partial charge in [-0.2, -0.15) is 0 Å². The van der Waals surface area contributed by atoms with Crippen LogP contribution in [0.1, 0.15) is 20.8 Å². The molecule has 2 atom stereocenters. The van der Waals surface area contributed by atoms with Crippen LogP contribution in [0.4, 0.5) is 0 Å². The Morgan fingerprint density at radius 3 is 2.00 bits per heavy atom. The number of carbonyl (C=O) groups is 1. The highest BCUT2D eigenvalue weighted by Gasteiger charge is 2.85. The third-order valence-electron chi connectivity index (χ3n) is 3.31. The molecule has 1 rings (SSSR count). The van der Waals surface area contributed by atoms with Crippen molar-refractivity contribution in [1.29, 1.82) is 0 Å². The van der Waals surface area contributed by atoms with Crippen LogP contribution in [0, 0.1) is 5.41 Å². The molecule has 1 aliphatic heterocycles. The summed E-state index contributed by atoms with van der Waals surface area (Å²) in [6, 6.07) is 0. The van der Waals surface area contributed by atoms with Crippen LogP contribution in [0.5, 0.6) is 0 Å². The van der Waals surface area contributed by atoms with Crippen molar-refractivity contribution in [3.63, 3.8) is 0 Å². The van der Waals surface area contributed by atoms with Gasteiger partial charge in [0, 0.05) is 19.6 Å². The van der Waals surface area contributed by atoms with Gasteiger partial charge in [-0.25, -0.2) is 4.79 Å². The monoisotopic (exact) mass is 292 g/mol. The van der Waals surface area contributed by atoms with Gasteiger partial charge in [-0.05, 0) is 13.1 Å². The molecule has 112 valence electrons. The van der Waals surface area contributed by atoms with Gasteiger partial charge < -0.3 is 23.7 Å². The predicted octanol–water partition coefficient (Wildman–Crippen LogP) is 1.20. The molecule has 0 aromatic carbocycles. The highest BCUT2D eigenvalue weighted by atomic mass is 28.3. The number of carboxylic acids is 1. The van der Waals surface area contributed by atoms with E-state index in [0.29, 0.717) is 0 Å². The summed E-state index contributed by atoms with van der Waals surface area (Å²) in [5.41, 5.74) is -1.68. The smallest absolute Gasteiger partial charge is 0.366 e. The van der Waals surface area contributed by atoms with E-state index in [2.05, 4.69) is 0 Å². The normalized spacial score (nSPS) is 31.0. The minimum absolute atomic E-state index is 0.522. The molecule has 0 saturated carbocycles. The predicted molar refractivity (Wildman–Crippen MR) is 71.4 cm³/mol.